The molecule has 1 aliphatic heterocycles. The molecule has 0 amide bonds. The summed E-state index contributed by atoms with van der Waals surface area (Å²) in [5, 5.41) is 3.85. The van der Waals surface area contributed by atoms with Gasteiger partial charge in [-0.1, -0.05) is 0 Å². The van der Waals surface area contributed by atoms with E-state index in [1.165, 1.54) is 18.4 Å². The van der Waals surface area contributed by atoms with E-state index in [4.69, 9.17) is 4.74 Å². The van der Waals surface area contributed by atoms with E-state index in [1.54, 1.807) is 23.5 Å². The van der Waals surface area contributed by atoms with Gasteiger partial charge in [0.15, 0.2) is 9.84 Å². The van der Waals surface area contributed by atoms with E-state index < -0.39 is 9.84 Å². The highest BCUT2D eigenvalue weighted by molar-refractivity contribution is 7.90. The fourth-order valence-corrected chi connectivity index (χ4v) is 4.22. The van der Waals surface area contributed by atoms with E-state index in [0.717, 1.165) is 28.7 Å². The summed E-state index contributed by atoms with van der Waals surface area (Å²) in [7, 11) is -3.20. The van der Waals surface area contributed by atoms with Gasteiger partial charge >= 0.3 is 0 Å². The number of sulfone groups is 1. The Bertz CT molecular complexity index is 782. The molecule has 8 heteroatoms. The van der Waals surface area contributed by atoms with Crippen LogP contribution in [0.5, 0.6) is 5.75 Å². The molecule has 2 aromatic rings. The van der Waals surface area contributed by atoms with Crippen LogP contribution in [0.4, 0.5) is 4.48 Å². The summed E-state index contributed by atoms with van der Waals surface area (Å²) in [6.45, 7) is 1.25. The molecule has 3 rings (SSSR count). The molecule has 0 radical (unpaired) electrons. The van der Waals surface area contributed by atoms with Crippen molar-refractivity contribution < 1.29 is 17.6 Å². The van der Waals surface area contributed by atoms with E-state index in [2.05, 4.69) is 4.98 Å². The molecular formula is C16H19FN2O3S2. The van der Waals surface area contributed by atoms with Crippen LogP contribution in [-0.2, 0) is 16.4 Å². The first kappa shape index (κ1) is 17.3. The minimum atomic E-state index is -3.20. The third-order valence-corrected chi connectivity index (χ3v) is 6.18. The summed E-state index contributed by atoms with van der Waals surface area (Å²) in [5.41, 5.74) is 0.838. The highest BCUT2D eigenvalue weighted by Crippen LogP contribution is 2.30. The standard InChI is InChI=1S/C16H19FN2O3S2/c1-24(20,21)15-4-2-14(3-5-15)22-10-13-11-23-16(18-13)12-6-8-19(17)9-7-12/h2-5,11-12H,6-10H2,1H3. The third kappa shape index (κ3) is 4.31. The smallest absolute Gasteiger partial charge is 0.175 e. The number of hydrogen-bond acceptors (Lipinski definition) is 6. The van der Waals surface area contributed by atoms with Gasteiger partial charge in [0.2, 0.25) is 0 Å². The lowest BCUT2D eigenvalue weighted by atomic mass is 9.99. The molecule has 24 heavy (non-hydrogen) atoms. The number of rotatable bonds is 5. The molecule has 5 nitrogen and oxygen atoms in total. The Labute approximate surface area is 144 Å². The molecule has 1 saturated heterocycles. The van der Waals surface area contributed by atoms with Crippen molar-refractivity contribution in [3.8, 4) is 5.75 Å². The van der Waals surface area contributed by atoms with Gasteiger partial charge in [-0.15, -0.1) is 20.9 Å². The first-order valence-electron chi connectivity index (χ1n) is 7.70. The Morgan fingerprint density at radius 3 is 2.58 bits per heavy atom. The zero-order valence-electron chi connectivity index (χ0n) is 13.3. The Morgan fingerprint density at radius 2 is 1.96 bits per heavy atom. The number of thiazole rings is 1. The topological polar surface area (TPSA) is 59.5 Å². The Hall–Kier alpha value is -1.51. The number of halogens is 1. The second-order valence-corrected chi connectivity index (χ2v) is 8.80. The molecule has 1 fully saturated rings. The first-order chi connectivity index (χ1) is 11.4. The van der Waals surface area contributed by atoms with Gasteiger partial charge in [0.05, 0.1) is 15.6 Å². The van der Waals surface area contributed by atoms with Crippen molar-refractivity contribution in [3.63, 3.8) is 0 Å². The van der Waals surface area contributed by atoms with Gasteiger partial charge in [0, 0.05) is 30.6 Å². The number of nitrogens with zero attached hydrogens (tertiary/aromatic N) is 2. The van der Waals surface area contributed by atoms with Crippen molar-refractivity contribution in [2.24, 2.45) is 0 Å². The molecule has 1 aromatic carbocycles. The van der Waals surface area contributed by atoms with Gasteiger partial charge in [0.1, 0.15) is 12.4 Å². The van der Waals surface area contributed by atoms with Gasteiger partial charge in [-0.3, -0.25) is 0 Å². The molecule has 0 unspecified atom stereocenters. The summed E-state index contributed by atoms with van der Waals surface area (Å²) in [4.78, 5) is 4.86. The highest BCUT2D eigenvalue weighted by atomic mass is 32.2. The van der Waals surface area contributed by atoms with Crippen LogP contribution in [-0.4, -0.2) is 37.9 Å². The van der Waals surface area contributed by atoms with Crippen molar-refractivity contribution in [2.45, 2.75) is 30.3 Å². The van der Waals surface area contributed by atoms with E-state index in [9.17, 15) is 12.9 Å². The zero-order valence-corrected chi connectivity index (χ0v) is 14.9. The summed E-state index contributed by atoms with van der Waals surface area (Å²) < 4.78 is 41.5. The summed E-state index contributed by atoms with van der Waals surface area (Å²) in [5.74, 6) is 0.924. The Morgan fingerprint density at radius 1 is 1.29 bits per heavy atom. The zero-order chi connectivity index (χ0) is 17.2. The van der Waals surface area contributed by atoms with Crippen molar-refractivity contribution in [1.29, 1.82) is 0 Å². The summed E-state index contributed by atoms with van der Waals surface area (Å²) in [6.07, 6.45) is 2.75. The van der Waals surface area contributed by atoms with Crippen LogP contribution >= 0.6 is 11.3 Å². The predicted octanol–water partition coefficient (Wildman–Crippen LogP) is 3.19. The number of aromatic nitrogens is 1. The quantitative estimate of drug-likeness (QED) is 0.757. The van der Waals surface area contributed by atoms with Crippen LogP contribution < -0.4 is 4.74 Å². The van der Waals surface area contributed by atoms with Crippen LogP contribution in [0, 0.1) is 0 Å². The van der Waals surface area contributed by atoms with E-state index in [0.29, 0.717) is 31.4 Å². The largest absolute Gasteiger partial charge is 0.487 e. The van der Waals surface area contributed by atoms with Crippen LogP contribution in [0.3, 0.4) is 0 Å². The van der Waals surface area contributed by atoms with Gasteiger partial charge in [0.25, 0.3) is 0 Å². The average molecular weight is 370 g/mol. The molecule has 0 spiro atoms. The average Bonchev–Trinajstić information content (AvgIpc) is 3.02. The molecule has 0 N–H and O–H groups in total. The van der Waals surface area contributed by atoms with Crippen LogP contribution in [0.1, 0.15) is 29.5 Å². The van der Waals surface area contributed by atoms with Crippen molar-refractivity contribution >= 4 is 21.2 Å². The number of ether oxygens (including phenoxy) is 1. The Balaban J connectivity index is 1.57. The lowest BCUT2D eigenvalue weighted by Gasteiger charge is -2.24. The highest BCUT2D eigenvalue weighted by Gasteiger charge is 2.22. The summed E-state index contributed by atoms with van der Waals surface area (Å²) >= 11 is 1.59. The van der Waals surface area contributed by atoms with Crippen molar-refractivity contribution in [1.82, 2.24) is 10.1 Å². The molecule has 1 aromatic heterocycles. The van der Waals surface area contributed by atoms with E-state index >= 15 is 0 Å². The van der Waals surface area contributed by atoms with Crippen LogP contribution in [0.2, 0.25) is 0 Å². The monoisotopic (exact) mass is 370 g/mol. The second-order valence-electron chi connectivity index (χ2n) is 5.89. The SMILES string of the molecule is CS(=O)(=O)c1ccc(OCc2csc(C3CCN(F)CC3)n2)cc1. The molecule has 0 bridgehead atoms. The Kier molecular flexibility index (Phi) is 5.17. The number of hydrogen-bond donors (Lipinski definition) is 0. The maximum absolute atomic E-state index is 13.0. The fraction of sp³-hybridized carbons (Fsp3) is 0.438. The molecule has 2 heterocycles. The minimum Gasteiger partial charge on any atom is -0.487 e. The summed E-state index contributed by atoms with van der Waals surface area (Å²) in [6, 6.07) is 6.34. The maximum Gasteiger partial charge on any atom is 0.175 e. The third-order valence-electron chi connectivity index (χ3n) is 4.00. The van der Waals surface area contributed by atoms with Crippen LogP contribution in [0.25, 0.3) is 0 Å². The molecular weight excluding hydrogens is 351 g/mol. The van der Waals surface area contributed by atoms with Gasteiger partial charge in [-0.2, -0.15) is 0 Å². The van der Waals surface area contributed by atoms with Crippen molar-refractivity contribution in [3.05, 3.63) is 40.3 Å². The van der Waals surface area contributed by atoms with Gasteiger partial charge in [-0.25, -0.2) is 13.4 Å². The van der Waals surface area contributed by atoms with Gasteiger partial charge in [-0.05, 0) is 37.1 Å². The molecule has 0 atom stereocenters. The van der Waals surface area contributed by atoms with E-state index in [1.807, 2.05) is 5.38 Å². The van der Waals surface area contributed by atoms with Gasteiger partial charge < -0.3 is 4.74 Å². The molecule has 0 saturated carbocycles. The lowest BCUT2D eigenvalue weighted by molar-refractivity contribution is 0.000695. The normalized spacial score (nSPS) is 17.1. The van der Waals surface area contributed by atoms with Crippen LogP contribution in [0.15, 0.2) is 34.5 Å². The molecule has 0 aliphatic carbocycles. The van der Waals surface area contributed by atoms with Crippen molar-refractivity contribution in [2.75, 3.05) is 19.3 Å². The minimum absolute atomic E-state index is 0.269. The van der Waals surface area contributed by atoms with E-state index in [-0.39, 0.29) is 4.90 Å². The molecule has 130 valence electrons. The first-order valence-corrected chi connectivity index (χ1v) is 10.5. The lowest BCUT2D eigenvalue weighted by Crippen LogP contribution is -2.26. The number of benzene rings is 1. The molecule has 1 aliphatic rings. The maximum atomic E-state index is 13.0. The number of piperidine rings is 1. The second kappa shape index (κ2) is 7.16. The fourth-order valence-electron chi connectivity index (χ4n) is 2.61. The predicted molar refractivity (Wildman–Crippen MR) is 90.7 cm³/mol.